The molecule has 0 saturated carbocycles. The zero-order valence-electron chi connectivity index (χ0n) is 8.64. The van der Waals surface area contributed by atoms with E-state index in [1.807, 2.05) is 12.1 Å². The van der Waals surface area contributed by atoms with Gasteiger partial charge in [0, 0.05) is 10.6 Å². The minimum absolute atomic E-state index is 0.630. The number of nitrogens with two attached hydrogens (primary N) is 1. The van der Waals surface area contributed by atoms with Crippen LogP contribution in [0.3, 0.4) is 0 Å². The van der Waals surface area contributed by atoms with E-state index >= 15 is 0 Å². The van der Waals surface area contributed by atoms with Crippen molar-refractivity contribution in [1.29, 1.82) is 0 Å². The van der Waals surface area contributed by atoms with Crippen molar-refractivity contribution in [3.05, 3.63) is 28.3 Å². The highest BCUT2D eigenvalue weighted by molar-refractivity contribution is 6.31. The summed E-state index contributed by atoms with van der Waals surface area (Å²) >= 11 is 6.13. The van der Waals surface area contributed by atoms with Crippen LogP contribution in [0.1, 0.15) is 18.1 Å². The first-order chi connectivity index (χ1) is 6.72. The lowest BCUT2D eigenvalue weighted by Crippen LogP contribution is -2.03. The predicted molar refractivity (Wildman–Crippen MR) is 60.1 cm³/mol. The van der Waals surface area contributed by atoms with Gasteiger partial charge in [-0.2, -0.15) is 0 Å². The van der Waals surface area contributed by atoms with Gasteiger partial charge in [0.1, 0.15) is 5.75 Å². The molecular weight excluding hydrogens is 198 g/mol. The van der Waals surface area contributed by atoms with Gasteiger partial charge in [0.15, 0.2) is 0 Å². The average molecular weight is 214 g/mol. The fourth-order valence-corrected chi connectivity index (χ4v) is 1.87. The largest absolute Gasteiger partial charge is 0.496 e. The van der Waals surface area contributed by atoms with Gasteiger partial charge in [0.25, 0.3) is 0 Å². The molecule has 0 fully saturated rings. The van der Waals surface area contributed by atoms with E-state index in [0.717, 1.165) is 34.7 Å². The number of methoxy groups -OCH3 is 1. The molecule has 0 aliphatic rings. The van der Waals surface area contributed by atoms with Crippen molar-refractivity contribution in [2.45, 2.75) is 19.8 Å². The van der Waals surface area contributed by atoms with Crippen molar-refractivity contribution < 1.29 is 4.74 Å². The molecule has 0 spiro atoms. The van der Waals surface area contributed by atoms with E-state index in [1.165, 1.54) is 0 Å². The first-order valence-corrected chi connectivity index (χ1v) is 5.16. The Hall–Kier alpha value is -0.730. The topological polar surface area (TPSA) is 35.2 Å². The smallest absolute Gasteiger partial charge is 0.123 e. The summed E-state index contributed by atoms with van der Waals surface area (Å²) in [7, 11) is 1.66. The van der Waals surface area contributed by atoms with Gasteiger partial charge in [-0.1, -0.05) is 18.5 Å². The minimum atomic E-state index is 0.630. The summed E-state index contributed by atoms with van der Waals surface area (Å²) in [5.74, 6) is 0.864. The van der Waals surface area contributed by atoms with Gasteiger partial charge >= 0.3 is 0 Å². The highest BCUT2D eigenvalue weighted by Gasteiger charge is 2.07. The molecule has 14 heavy (non-hydrogen) atoms. The molecule has 0 bridgehead atoms. The SMILES string of the molecule is CCc1c(Cl)cc(CCN)cc1OC. The first-order valence-electron chi connectivity index (χ1n) is 4.78. The molecule has 0 aliphatic carbocycles. The van der Waals surface area contributed by atoms with Crippen LogP contribution in [0.2, 0.25) is 5.02 Å². The number of ether oxygens (including phenoxy) is 1. The van der Waals surface area contributed by atoms with Crippen LogP contribution in [0.5, 0.6) is 5.75 Å². The quantitative estimate of drug-likeness (QED) is 0.834. The van der Waals surface area contributed by atoms with E-state index < -0.39 is 0 Å². The van der Waals surface area contributed by atoms with Gasteiger partial charge in [0.05, 0.1) is 7.11 Å². The van der Waals surface area contributed by atoms with Crippen molar-refractivity contribution in [3.8, 4) is 5.75 Å². The van der Waals surface area contributed by atoms with Crippen molar-refractivity contribution >= 4 is 11.6 Å². The van der Waals surface area contributed by atoms with E-state index in [9.17, 15) is 0 Å². The Labute approximate surface area is 90.0 Å². The fourth-order valence-electron chi connectivity index (χ4n) is 1.50. The molecule has 3 heteroatoms. The Kier molecular flexibility index (Phi) is 4.23. The van der Waals surface area contributed by atoms with Crippen LogP contribution < -0.4 is 10.5 Å². The van der Waals surface area contributed by atoms with E-state index in [0.29, 0.717) is 6.54 Å². The van der Waals surface area contributed by atoms with E-state index in [1.54, 1.807) is 7.11 Å². The summed E-state index contributed by atoms with van der Waals surface area (Å²) < 4.78 is 5.28. The van der Waals surface area contributed by atoms with Gasteiger partial charge < -0.3 is 10.5 Å². The molecule has 78 valence electrons. The summed E-state index contributed by atoms with van der Waals surface area (Å²) in [6.07, 6.45) is 1.71. The number of halogens is 1. The number of benzene rings is 1. The van der Waals surface area contributed by atoms with Crippen LogP contribution in [0.4, 0.5) is 0 Å². The lowest BCUT2D eigenvalue weighted by atomic mass is 10.1. The monoisotopic (exact) mass is 213 g/mol. The number of hydrogen-bond acceptors (Lipinski definition) is 2. The Bertz CT molecular complexity index is 312. The molecule has 0 saturated heterocycles. The zero-order valence-corrected chi connectivity index (χ0v) is 9.40. The van der Waals surface area contributed by atoms with Crippen LogP contribution in [0.25, 0.3) is 0 Å². The summed E-state index contributed by atoms with van der Waals surface area (Å²) in [6, 6.07) is 3.98. The third kappa shape index (κ3) is 2.40. The van der Waals surface area contributed by atoms with Gasteiger partial charge in [-0.3, -0.25) is 0 Å². The van der Waals surface area contributed by atoms with Gasteiger partial charge in [-0.25, -0.2) is 0 Å². The second-order valence-corrected chi connectivity index (χ2v) is 3.56. The normalized spacial score (nSPS) is 10.3. The molecule has 0 aliphatic heterocycles. The lowest BCUT2D eigenvalue weighted by molar-refractivity contribution is 0.409. The average Bonchev–Trinajstić information content (AvgIpc) is 2.17. The summed E-state index contributed by atoms with van der Waals surface area (Å²) in [4.78, 5) is 0. The molecule has 1 rings (SSSR count). The predicted octanol–water partition coefficient (Wildman–Crippen LogP) is 2.41. The molecule has 0 radical (unpaired) electrons. The molecule has 2 nitrogen and oxygen atoms in total. The third-order valence-corrected chi connectivity index (χ3v) is 2.56. The number of rotatable bonds is 4. The third-order valence-electron chi connectivity index (χ3n) is 2.22. The molecule has 0 unspecified atom stereocenters. The van der Waals surface area contributed by atoms with Gasteiger partial charge in [-0.05, 0) is 37.1 Å². The van der Waals surface area contributed by atoms with Crippen LogP contribution >= 0.6 is 11.6 Å². The molecule has 1 aromatic carbocycles. The summed E-state index contributed by atoms with van der Waals surface area (Å²) in [6.45, 7) is 2.69. The Morgan fingerprint density at radius 1 is 1.43 bits per heavy atom. The van der Waals surface area contributed by atoms with Crippen molar-refractivity contribution in [3.63, 3.8) is 0 Å². The van der Waals surface area contributed by atoms with Crippen LogP contribution in [-0.4, -0.2) is 13.7 Å². The Morgan fingerprint density at radius 3 is 2.64 bits per heavy atom. The van der Waals surface area contributed by atoms with Crippen molar-refractivity contribution in [2.75, 3.05) is 13.7 Å². The molecule has 0 aromatic heterocycles. The fraction of sp³-hybridized carbons (Fsp3) is 0.455. The molecule has 0 amide bonds. The summed E-state index contributed by atoms with van der Waals surface area (Å²) in [5.41, 5.74) is 7.68. The molecular formula is C11H16ClNO. The van der Waals surface area contributed by atoms with Crippen LogP contribution in [0.15, 0.2) is 12.1 Å². The van der Waals surface area contributed by atoms with Gasteiger partial charge in [-0.15, -0.1) is 0 Å². The maximum Gasteiger partial charge on any atom is 0.123 e. The second kappa shape index (κ2) is 5.23. The molecule has 2 N–H and O–H groups in total. The molecule has 1 aromatic rings. The highest BCUT2D eigenvalue weighted by Crippen LogP contribution is 2.28. The van der Waals surface area contributed by atoms with E-state index in [2.05, 4.69) is 6.92 Å². The van der Waals surface area contributed by atoms with Gasteiger partial charge in [0.2, 0.25) is 0 Å². The van der Waals surface area contributed by atoms with E-state index in [4.69, 9.17) is 22.1 Å². The molecule has 0 atom stereocenters. The number of hydrogen-bond donors (Lipinski definition) is 1. The zero-order chi connectivity index (χ0) is 10.6. The first kappa shape index (κ1) is 11.3. The van der Waals surface area contributed by atoms with Crippen LogP contribution in [-0.2, 0) is 12.8 Å². The van der Waals surface area contributed by atoms with Crippen molar-refractivity contribution in [2.24, 2.45) is 5.73 Å². The standard InChI is InChI=1S/C11H16ClNO/c1-3-9-10(12)6-8(4-5-13)7-11(9)14-2/h6-7H,3-5,13H2,1-2H3. The van der Waals surface area contributed by atoms with Crippen LogP contribution in [0, 0.1) is 0 Å². The maximum absolute atomic E-state index is 6.13. The highest BCUT2D eigenvalue weighted by atomic mass is 35.5. The minimum Gasteiger partial charge on any atom is -0.496 e. The second-order valence-electron chi connectivity index (χ2n) is 3.15. The Morgan fingerprint density at radius 2 is 2.14 bits per heavy atom. The maximum atomic E-state index is 6.13. The molecule has 0 heterocycles. The van der Waals surface area contributed by atoms with E-state index in [-0.39, 0.29) is 0 Å². The Balaban J connectivity index is 3.10. The summed E-state index contributed by atoms with van der Waals surface area (Å²) in [5, 5.41) is 0.773. The van der Waals surface area contributed by atoms with Crippen molar-refractivity contribution in [1.82, 2.24) is 0 Å². The lowest BCUT2D eigenvalue weighted by Gasteiger charge is -2.11.